The first-order chi connectivity index (χ1) is 15.4. The van der Waals surface area contributed by atoms with Crippen LogP contribution in [0.2, 0.25) is 0 Å². The predicted octanol–water partition coefficient (Wildman–Crippen LogP) is 1.85. The summed E-state index contributed by atoms with van der Waals surface area (Å²) in [4.78, 5) is 13.2. The molecule has 0 bridgehead atoms. The fourth-order valence-electron chi connectivity index (χ4n) is 8.64. The molecular weight excluding hydrogens is 436 g/mol. The van der Waals surface area contributed by atoms with Crippen LogP contribution < -0.4 is 0 Å². The molecule has 10 atom stereocenters. The smallest absolute Gasteiger partial charge is 0.159 e. The first-order valence-corrected chi connectivity index (χ1v) is 12.9. The molecule has 7 nitrogen and oxygen atoms in total. The molecule has 0 aromatic rings. The quantitative estimate of drug-likeness (QED) is 0.353. The van der Waals surface area contributed by atoms with Crippen LogP contribution >= 0.6 is 0 Å². The Morgan fingerprint density at radius 2 is 1.68 bits per heavy atom. The summed E-state index contributed by atoms with van der Waals surface area (Å²) in [6.07, 6.45) is 2.12. The zero-order valence-corrected chi connectivity index (χ0v) is 21.3. The summed E-state index contributed by atoms with van der Waals surface area (Å²) in [5.74, 6) is -0.819. The zero-order valence-electron chi connectivity index (χ0n) is 21.3. The minimum Gasteiger partial charge on any atom is -0.393 e. The molecule has 0 aromatic heterocycles. The lowest BCUT2D eigenvalue weighted by Gasteiger charge is -2.60. The van der Waals surface area contributed by atoms with Gasteiger partial charge in [0, 0.05) is 24.2 Å². The molecule has 6 N–H and O–H groups in total. The lowest BCUT2D eigenvalue weighted by atomic mass is 9.45. The van der Waals surface area contributed by atoms with Crippen molar-refractivity contribution in [1.29, 1.82) is 0 Å². The van der Waals surface area contributed by atoms with E-state index in [2.05, 4.69) is 0 Å². The van der Waals surface area contributed by atoms with Crippen molar-refractivity contribution in [2.45, 2.75) is 121 Å². The zero-order chi connectivity index (χ0) is 25.5. The first kappa shape index (κ1) is 26.2. The van der Waals surface area contributed by atoms with Crippen molar-refractivity contribution in [3.63, 3.8) is 0 Å². The van der Waals surface area contributed by atoms with E-state index in [1.165, 1.54) is 0 Å². The van der Waals surface area contributed by atoms with Crippen LogP contribution in [0.25, 0.3) is 0 Å². The molecule has 0 amide bonds. The Morgan fingerprint density at radius 3 is 2.29 bits per heavy atom. The van der Waals surface area contributed by atoms with E-state index in [-0.39, 0.29) is 42.8 Å². The maximum absolute atomic E-state index is 13.2. The van der Waals surface area contributed by atoms with Gasteiger partial charge in [-0.25, -0.2) is 0 Å². The number of allylic oxidation sites excluding steroid dienone is 1. The maximum atomic E-state index is 13.2. The number of hydrogen-bond donors (Lipinski definition) is 6. The Labute approximate surface area is 202 Å². The van der Waals surface area contributed by atoms with Gasteiger partial charge >= 0.3 is 0 Å². The maximum Gasteiger partial charge on any atom is 0.159 e. The average Bonchev–Trinajstić information content (AvgIpc) is 2.95. The Morgan fingerprint density at radius 1 is 1.03 bits per heavy atom. The van der Waals surface area contributed by atoms with Crippen LogP contribution in [0.4, 0.5) is 0 Å². The molecule has 0 unspecified atom stereocenters. The fraction of sp³-hybridized carbons (Fsp3) is 0.889. The van der Waals surface area contributed by atoms with Gasteiger partial charge in [-0.05, 0) is 88.2 Å². The Bertz CT molecular complexity index is 860. The third-order valence-electron chi connectivity index (χ3n) is 10.3. The number of carbonyl (C=O) groups excluding carboxylic acids is 1. The van der Waals surface area contributed by atoms with Gasteiger partial charge in [0.1, 0.15) is 0 Å². The molecule has 4 aliphatic rings. The van der Waals surface area contributed by atoms with Gasteiger partial charge in [-0.3, -0.25) is 4.79 Å². The molecule has 4 aliphatic carbocycles. The van der Waals surface area contributed by atoms with E-state index >= 15 is 0 Å². The molecule has 0 aromatic carbocycles. The van der Waals surface area contributed by atoms with Gasteiger partial charge in [-0.15, -0.1) is 0 Å². The second-order valence-corrected chi connectivity index (χ2v) is 13.3. The largest absolute Gasteiger partial charge is 0.393 e. The number of fused-ring (bicyclic) bond motifs is 5. The summed E-state index contributed by atoms with van der Waals surface area (Å²) in [6.45, 7) is 8.98. The molecule has 4 rings (SSSR count). The Hall–Kier alpha value is -0.830. The van der Waals surface area contributed by atoms with Crippen molar-refractivity contribution in [3.8, 4) is 0 Å². The summed E-state index contributed by atoms with van der Waals surface area (Å²) in [5, 5.41) is 65.1. The molecular formula is C27H44O7. The molecule has 7 heteroatoms. The standard InChI is InChI=1S/C27H44O7/c1-23(2,32)12-15(28)13-26(5,33)22-7-9-27(34)17-10-19(29)18-11-20(30)21(31)14-24(18,3)16(17)6-8-25(22,27)4/h10,15-16,18,20-22,28,30-34H,6-9,11-14H2,1-5H3/t15-,16+,18-,20-,21+,22+,24-,25+,26-,27-/m1/s1. The van der Waals surface area contributed by atoms with Gasteiger partial charge in [0.05, 0.1) is 35.1 Å². The molecule has 3 fully saturated rings. The van der Waals surface area contributed by atoms with E-state index in [0.29, 0.717) is 25.7 Å². The topological polar surface area (TPSA) is 138 Å². The van der Waals surface area contributed by atoms with Crippen LogP contribution in [0, 0.1) is 28.6 Å². The first-order valence-electron chi connectivity index (χ1n) is 12.9. The van der Waals surface area contributed by atoms with Crippen LogP contribution in [-0.4, -0.2) is 71.5 Å². The average molecular weight is 481 g/mol. The second-order valence-electron chi connectivity index (χ2n) is 13.3. The van der Waals surface area contributed by atoms with E-state index in [9.17, 15) is 35.4 Å². The van der Waals surface area contributed by atoms with Gasteiger partial charge in [-0.2, -0.15) is 0 Å². The number of rotatable bonds is 5. The summed E-state index contributed by atoms with van der Waals surface area (Å²) in [5.41, 5.74) is -4.04. The van der Waals surface area contributed by atoms with E-state index in [1.807, 2.05) is 13.8 Å². The fourth-order valence-corrected chi connectivity index (χ4v) is 8.64. The molecule has 0 aliphatic heterocycles. The molecule has 194 valence electrons. The predicted molar refractivity (Wildman–Crippen MR) is 127 cm³/mol. The van der Waals surface area contributed by atoms with Gasteiger partial charge in [0.25, 0.3) is 0 Å². The van der Waals surface area contributed by atoms with Crippen molar-refractivity contribution in [3.05, 3.63) is 11.6 Å². The lowest BCUT2D eigenvalue weighted by Crippen LogP contribution is -2.62. The van der Waals surface area contributed by atoms with E-state index in [0.717, 1.165) is 12.0 Å². The van der Waals surface area contributed by atoms with Gasteiger partial charge in [0.2, 0.25) is 0 Å². The highest BCUT2D eigenvalue weighted by atomic mass is 16.3. The van der Waals surface area contributed by atoms with Crippen LogP contribution in [0.5, 0.6) is 0 Å². The van der Waals surface area contributed by atoms with Crippen molar-refractivity contribution >= 4 is 5.78 Å². The van der Waals surface area contributed by atoms with E-state index < -0.39 is 45.9 Å². The van der Waals surface area contributed by atoms with Crippen molar-refractivity contribution in [1.82, 2.24) is 0 Å². The van der Waals surface area contributed by atoms with Gasteiger partial charge in [0.15, 0.2) is 5.78 Å². The van der Waals surface area contributed by atoms with Gasteiger partial charge in [-0.1, -0.05) is 13.8 Å². The van der Waals surface area contributed by atoms with Crippen molar-refractivity contribution in [2.24, 2.45) is 28.6 Å². The number of carbonyl (C=O) groups is 1. The summed E-state index contributed by atoms with van der Waals surface area (Å²) < 4.78 is 0. The Kier molecular flexibility index (Phi) is 6.24. The lowest BCUT2D eigenvalue weighted by molar-refractivity contribution is -0.163. The summed E-state index contributed by atoms with van der Waals surface area (Å²) in [7, 11) is 0. The third-order valence-corrected chi connectivity index (χ3v) is 10.3. The summed E-state index contributed by atoms with van der Waals surface area (Å²) in [6, 6.07) is 0. The highest BCUT2D eigenvalue weighted by Crippen LogP contribution is 2.68. The number of hydrogen-bond acceptors (Lipinski definition) is 7. The summed E-state index contributed by atoms with van der Waals surface area (Å²) >= 11 is 0. The monoisotopic (exact) mass is 480 g/mol. The van der Waals surface area contributed by atoms with Crippen LogP contribution in [0.15, 0.2) is 11.6 Å². The normalized spacial score (nSPS) is 47.2. The Balaban J connectivity index is 1.65. The number of ketones is 1. The molecule has 3 saturated carbocycles. The minimum atomic E-state index is -1.26. The minimum absolute atomic E-state index is 0.0695. The van der Waals surface area contributed by atoms with Crippen LogP contribution in [0.1, 0.15) is 86.0 Å². The van der Waals surface area contributed by atoms with Crippen molar-refractivity contribution in [2.75, 3.05) is 0 Å². The molecule has 0 radical (unpaired) electrons. The third kappa shape index (κ3) is 3.91. The molecule has 0 heterocycles. The van der Waals surface area contributed by atoms with Crippen LogP contribution in [-0.2, 0) is 4.79 Å². The number of aliphatic hydroxyl groups excluding tert-OH is 3. The van der Waals surface area contributed by atoms with Crippen molar-refractivity contribution < 1.29 is 35.4 Å². The molecule has 0 saturated heterocycles. The SMILES string of the molecule is CC(C)(O)C[C@@H](O)C[C@@](C)(O)[C@H]1CC[C@@]2(O)C3=CC(=O)[C@H]4C[C@@H](O)[C@@H](O)C[C@]4(C)[C@H]3CC[C@@]12C. The van der Waals surface area contributed by atoms with Gasteiger partial charge < -0.3 is 30.6 Å². The highest BCUT2D eigenvalue weighted by Gasteiger charge is 2.68. The molecule has 0 spiro atoms. The van der Waals surface area contributed by atoms with Crippen LogP contribution in [0.3, 0.4) is 0 Å². The highest BCUT2D eigenvalue weighted by molar-refractivity contribution is 5.95. The second kappa shape index (κ2) is 8.09. The number of aliphatic hydroxyl groups is 6. The van der Waals surface area contributed by atoms with E-state index in [4.69, 9.17) is 0 Å². The molecule has 34 heavy (non-hydrogen) atoms. The van der Waals surface area contributed by atoms with E-state index in [1.54, 1.807) is 26.8 Å².